The van der Waals surface area contributed by atoms with Gasteiger partial charge in [0.15, 0.2) is 17.5 Å². The fourth-order valence-electron chi connectivity index (χ4n) is 2.69. The van der Waals surface area contributed by atoms with E-state index in [1.165, 1.54) is 11.6 Å². The second-order valence-electron chi connectivity index (χ2n) is 5.97. The molecule has 2 rings (SSSR count). The molecule has 5 nitrogen and oxygen atoms in total. The third kappa shape index (κ3) is 7.53. The molecule has 2 N–H and O–H groups in total. The number of ether oxygens (including phenoxy) is 2. The highest BCUT2D eigenvalue weighted by Gasteiger charge is 2.06. The Morgan fingerprint density at radius 1 is 1.11 bits per heavy atom. The number of aryl methyl sites for hydroxylation is 1. The quantitative estimate of drug-likeness (QED) is 0.235. The lowest BCUT2D eigenvalue weighted by atomic mass is 10.1. The summed E-state index contributed by atoms with van der Waals surface area (Å²) in [6.45, 7) is 3.71. The van der Waals surface area contributed by atoms with Crippen LogP contribution in [0.3, 0.4) is 0 Å². The molecule has 0 amide bonds. The molecule has 2 aromatic rings. The van der Waals surface area contributed by atoms with Crippen LogP contribution >= 0.6 is 24.0 Å². The minimum atomic E-state index is -0.218. The Morgan fingerprint density at radius 3 is 2.57 bits per heavy atom. The van der Waals surface area contributed by atoms with Gasteiger partial charge in [-0.15, -0.1) is 24.0 Å². The van der Waals surface area contributed by atoms with Crippen LogP contribution in [0.5, 0.6) is 11.5 Å². The fraction of sp³-hybridized carbons (Fsp3) is 0.381. The summed E-state index contributed by atoms with van der Waals surface area (Å²) in [7, 11) is 3.34. The molecule has 0 unspecified atom stereocenters. The van der Waals surface area contributed by atoms with E-state index in [1.807, 2.05) is 31.2 Å². The third-order valence-electron chi connectivity index (χ3n) is 4.09. The molecule has 0 spiro atoms. The normalized spacial score (nSPS) is 10.8. The molecule has 0 radical (unpaired) electrons. The molecule has 0 saturated heterocycles. The topological polar surface area (TPSA) is 54.9 Å². The molecule has 0 heterocycles. The van der Waals surface area contributed by atoms with Crippen molar-refractivity contribution >= 4 is 29.9 Å². The number of rotatable bonds is 9. The Labute approximate surface area is 183 Å². The molecule has 0 aliphatic heterocycles. The number of halogens is 2. The van der Waals surface area contributed by atoms with Gasteiger partial charge in [-0.25, -0.2) is 4.39 Å². The Morgan fingerprint density at radius 2 is 1.89 bits per heavy atom. The Hall–Kier alpha value is -2.03. The molecule has 0 aromatic heterocycles. The Kier molecular flexibility index (Phi) is 11.3. The zero-order valence-electron chi connectivity index (χ0n) is 16.6. The van der Waals surface area contributed by atoms with Crippen LogP contribution in [-0.2, 0) is 13.0 Å². The van der Waals surface area contributed by atoms with Crippen LogP contribution < -0.4 is 20.1 Å². The zero-order chi connectivity index (χ0) is 19.5. The first kappa shape index (κ1) is 24.0. The molecular weight excluding hydrogens is 472 g/mol. The highest BCUT2D eigenvalue weighted by atomic mass is 127. The van der Waals surface area contributed by atoms with Crippen molar-refractivity contribution in [1.82, 2.24) is 10.6 Å². The molecule has 0 fully saturated rings. The van der Waals surface area contributed by atoms with Crippen LogP contribution in [0.1, 0.15) is 24.5 Å². The number of guanidine groups is 1. The monoisotopic (exact) mass is 501 g/mol. The van der Waals surface area contributed by atoms with E-state index in [-0.39, 0.29) is 29.8 Å². The summed E-state index contributed by atoms with van der Waals surface area (Å²) in [5, 5.41) is 6.38. The number of benzene rings is 2. The Bertz CT molecular complexity index is 756. The standard InChI is InChI=1S/C21H28FN3O2.HI/c1-4-27-20-14-16(11-12-19(20)26-3)8-7-13-24-21(23-2)25-15-17-9-5-6-10-18(17)22;/h5-6,9-12,14H,4,7-8,13,15H2,1-3H3,(H2,23,24,25);1H. The maximum absolute atomic E-state index is 13.7. The largest absolute Gasteiger partial charge is 0.493 e. The summed E-state index contributed by atoms with van der Waals surface area (Å²) in [6.07, 6.45) is 1.83. The van der Waals surface area contributed by atoms with E-state index < -0.39 is 0 Å². The first-order valence-corrected chi connectivity index (χ1v) is 9.15. The van der Waals surface area contributed by atoms with Gasteiger partial charge in [0.2, 0.25) is 0 Å². The summed E-state index contributed by atoms with van der Waals surface area (Å²) in [4.78, 5) is 4.17. The second-order valence-corrected chi connectivity index (χ2v) is 5.97. The van der Waals surface area contributed by atoms with Crippen LogP contribution in [0.25, 0.3) is 0 Å². The van der Waals surface area contributed by atoms with Gasteiger partial charge in [0, 0.05) is 25.7 Å². The van der Waals surface area contributed by atoms with Gasteiger partial charge in [0.05, 0.1) is 13.7 Å². The molecule has 2 aromatic carbocycles. The average Bonchev–Trinajstić information content (AvgIpc) is 2.69. The van der Waals surface area contributed by atoms with Crippen LogP contribution in [-0.4, -0.2) is 33.3 Å². The van der Waals surface area contributed by atoms with E-state index in [2.05, 4.69) is 15.6 Å². The molecule has 0 aliphatic carbocycles. The minimum absolute atomic E-state index is 0. The van der Waals surface area contributed by atoms with Crippen molar-refractivity contribution in [3.63, 3.8) is 0 Å². The number of nitrogens with one attached hydrogen (secondary N) is 2. The van der Waals surface area contributed by atoms with Crippen molar-refractivity contribution in [2.24, 2.45) is 4.99 Å². The van der Waals surface area contributed by atoms with Gasteiger partial charge in [-0.05, 0) is 43.5 Å². The summed E-state index contributed by atoms with van der Waals surface area (Å²) in [5.74, 6) is 1.96. The first-order chi connectivity index (χ1) is 13.2. The van der Waals surface area contributed by atoms with Crippen molar-refractivity contribution in [3.8, 4) is 11.5 Å². The van der Waals surface area contributed by atoms with Crippen LogP contribution in [0.2, 0.25) is 0 Å². The van der Waals surface area contributed by atoms with E-state index in [1.54, 1.807) is 26.3 Å². The maximum atomic E-state index is 13.7. The second kappa shape index (κ2) is 13.2. The highest BCUT2D eigenvalue weighted by Crippen LogP contribution is 2.28. The highest BCUT2D eigenvalue weighted by molar-refractivity contribution is 14.0. The zero-order valence-corrected chi connectivity index (χ0v) is 19.0. The van der Waals surface area contributed by atoms with Gasteiger partial charge in [-0.2, -0.15) is 0 Å². The van der Waals surface area contributed by atoms with E-state index >= 15 is 0 Å². The van der Waals surface area contributed by atoms with E-state index in [0.717, 1.165) is 30.9 Å². The summed E-state index contributed by atoms with van der Waals surface area (Å²) in [6, 6.07) is 12.7. The van der Waals surface area contributed by atoms with E-state index in [9.17, 15) is 4.39 Å². The predicted molar refractivity (Wildman–Crippen MR) is 123 cm³/mol. The summed E-state index contributed by atoms with van der Waals surface area (Å²) >= 11 is 0. The van der Waals surface area contributed by atoms with Crippen molar-refractivity contribution in [3.05, 3.63) is 59.4 Å². The van der Waals surface area contributed by atoms with E-state index in [4.69, 9.17) is 9.47 Å². The maximum Gasteiger partial charge on any atom is 0.191 e. The van der Waals surface area contributed by atoms with E-state index in [0.29, 0.717) is 24.7 Å². The van der Waals surface area contributed by atoms with Gasteiger partial charge in [0.1, 0.15) is 5.82 Å². The fourth-order valence-corrected chi connectivity index (χ4v) is 2.69. The molecule has 0 saturated carbocycles. The molecule has 7 heteroatoms. The lowest BCUT2D eigenvalue weighted by Crippen LogP contribution is -2.37. The smallest absolute Gasteiger partial charge is 0.191 e. The number of methoxy groups -OCH3 is 1. The third-order valence-corrected chi connectivity index (χ3v) is 4.09. The van der Waals surface area contributed by atoms with Crippen LogP contribution in [0.15, 0.2) is 47.5 Å². The SMILES string of the molecule is CCOc1cc(CCCNC(=NC)NCc2ccccc2F)ccc1OC.I. The molecule has 0 aliphatic rings. The summed E-state index contributed by atoms with van der Waals surface area (Å²) < 4.78 is 24.6. The lowest BCUT2D eigenvalue weighted by molar-refractivity contribution is 0.310. The van der Waals surface area contributed by atoms with Gasteiger partial charge in [0.25, 0.3) is 0 Å². The molecule has 28 heavy (non-hydrogen) atoms. The minimum Gasteiger partial charge on any atom is -0.493 e. The number of nitrogens with zero attached hydrogens (tertiary/aromatic N) is 1. The Balaban J connectivity index is 0.00000392. The van der Waals surface area contributed by atoms with Crippen LogP contribution in [0.4, 0.5) is 4.39 Å². The van der Waals surface area contributed by atoms with Gasteiger partial charge in [-0.1, -0.05) is 24.3 Å². The van der Waals surface area contributed by atoms with Gasteiger partial charge in [-0.3, -0.25) is 4.99 Å². The number of aliphatic imine (C=N–C) groups is 1. The van der Waals surface area contributed by atoms with Crippen molar-refractivity contribution in [1.29, 1.82) is 0 Å². The van der Waals surface area contributed by atoms with Gasteiger partial charge < -0.3 is 20.1 Å². The predicted octanol–water partition coefficient (Wildman–Crippen LogP) is 4.15. The number of hydrogen-bond donors (Lipinski definition) is 2. The van der Waals surface area contributed by atoms with Gasteiger partial charge >= 0.3 is 0 Å². The lowest BCUT2D eigenvalue weighted by Gasteiger charge is -2.13. The van der Waals surface area contributed by atoms with Crippen molar-refractivity contribution < 1.29 is 13.9 Å². The first-order valence-electron chi connectivity index (χ1n) is 9.15. The molecule has 0 atom stereocenters. The molecule has 0 bridgehead atoms. The molecule has 154 valence electrons. The summed E-state index contributed by atoms with van der Waals surface area (Å²) in [5.41, 5.74) is 1.80. The van der Waals surface area contributed by atoms with Crippen molar-refractivity contribution in [2.45, 2.75) is 26.3 Å². The average molecular weight is 501 g/mol. The number of hydrogen-bond acceptors (Lipinski definition) is 3. The van der Waals surface area contributed by atoms with Crippen molar-refractivity contribution in [2.75, 3.05) is 27.3 Å². The van der Waals surface area contributed by atoms with Crippen LogP contribution in [0, 0.1) is 5.82 Å². The molecular formula is C21H29FIN3O2.